The van der Waals surface area contributed by atoms with Crippen molar-refractivity contribution in [1.29, 1.82) is 0 Å². The Hall–Kier alpha value is -0.570. The maximum absolute atomic E-state index is 11.4. The Morgan fingerprint density at radius 3 is 2.53 bits per heavy atom. The van der Waals surface area contributed by atoms with Crippen LogP contribution < -0.4 is 10.6 Å². The molecule has 0 atom stereocenters. The molecule has 3 heteroatoms. The SMILES string of the molecule is CCNCC(=O)NCC1(C)CCCCC1. The summed E-state index contributed by atoms with van der Waals surface area (Å²) in [5.41, 5.74) is 0.347. The molecule has 0 heterocycles. The van der Waals surface area contributed by atoms with E-state index in [1.54, 1.807) is 0 Å². The van der Waals surface area contributed by atoms with Crippen LogP contribution in [0.2, 0.25) is 0 Å². The zero-order valence-corrected chi connectivity index (χ0v) is 10.1. The van der Waals surface area contributed by atoms with Crippen molar-refractivity contribution in [2.24, 2.45) is 5.41 Å². The number of carbonyl (C=O) groups is 1. The summed E-state index contributed by atoms with van der Waals surface area (Å²) in [5.74, 6) is 0.128. The van der Waals surface area contributed by atoms with E-state index in [1.165, 1.54) is 32.1 Å². The van der Waals surface area contributed by atoms with Gasteiger partial charge >= 0.3 is 0 Å². The molecule has 0 aliphatic heterocycles. The largest absolute Gasteiger partial charge is 0.354 e. The minimum atomic E-state index is 0.128. The van der Waals surface area contributed by atoms with Crippen LogP contribution >= 0.6 is 0 Å². The summed E-state index contributed by atoms with van der Waals surface area (Å²) in [6.45, 7) is 6.45. The van der Waals surface area contributed by atoms with Crippen LogP contribution in [0.5, 0.6) is 0 Å². The monoisotopic (exact) mass is 212 g/mol. The van der Waals surface area contributed by atoms with Gasteiger partial charge in [-0.3, -0.25) is 4.79 Å². The van der Waals surface area contributed by atoms with Crippen LogP contribution in [-0.2, 0) is 4.79 Å². The lowest BCUT2D eigenvalue weighted by Crippen LogP contribution is -2.40. The van der Waals surface area contributed by atoms with Crippen LogP contribution in [-0.4, -0.2) is 25.5 Å². The molecule has 0 spiro atoms. The second-order valence-corrected chi connectivity index (χ2v) is 4.93. The molecular formula is C12H24N2O. The zero-order chi connectivity index (χ0) is 11.1. The number of carbonyl (C=O) groups excluding carboxylic acids is 1. The van der Waals surface area contributed by atoms with Gasteiger partial charge in [0.2, 0.25) is 5.91 Å². The van der Waals surface area contributed by atoms with Gasteiger partial charge in [0.25, 0.3) is 0 Å². The van der Waals surface area contributed by atoms with Gasteiger partial charge in [-0.15, -0.1) is 0 Å². The van der Waals surface area contributed by atoms with Crippen molar-refractivity contribution in [3.05, 3.63) is 0 Å². The Morgan fingerprint density at radius 2 is 1.93 bits per heavy atom. The molecule has 0 aromatic heterocycles. The van der Waals surface area contributed by atoms with Crippen LogP contribution in [0, 0.1) is 5.41 Å². The van der Waals surface area contributed by atoms with Crippen molar-refractivity contribution in [3.63, 3.8) is 0 Å². The number of rotatable bonds is 5. The van der Waals surface area contributed by atoms with Gasteiger partial charge in [-0.25, -0.2) is 0 Å². The molecule has 1 aliphatic rings. The maximum atomic E-state index is 11.4. The maximum Gasteiger partial charge on any atom is 0.233 e. The van der Waals surface area contributed by atoms with E-state index < -0.39 is 0 Å². The summed E-state index contributed by atoms with van der Waals surface area (Å²) in [7, 11) is 0. The van der Waals surface area contributed by atoms with Crippen LogP contribution in [0.4, 0.5) is 0 Å². The third-order valence-corrected chi connectivity index (χ3v) is 3.31. The van der Waals surface area contributed by atoms with E-state index in [-0.39, 0.29) is 5.91 Å². The molecule has 0 unspecified atom stereocenters. The highest BCUT2D eigenvalue weighted by Gasteiger charge is 2.26. The lowest BCUT2D eigenvalue weighted by Gasteiger charge is -2.33. The Bertz CT molecular complexity index is 198. The molecular weight excluding hydrogens is 188 g/mol. The molecule has 0 bridgehead atoms. The normalized spacial score (nSPS) is 19.9. The van der Waals surface area contributed by atoms with E-state index in [9.17, 15) is 4.79 Å². The summed E-state index contributed by atoms with van der Waals surface area (Å²) in [6, 6.07) is 0. The molecule has 3 nitrogen and oxygen atoms in total. The quantitative estimate of drug-likeness (QED) is 0.728. The molecule has 1 amide bonds. The Balaban J connectivity index is 2.19. The van der Waals surface area contributed by atoms with Crippen LogP contribution in [0.25, 0.3) is 0 Å². The van der Waals surface area contributed by atoms with Gasteiger partial charge < -0.3 is 10.6 Å². The van der Waals surface area contributed by atoms with E-state index in [4.69, 9.17) is 0 Å². The molecule has 0 radical (unpaired) electrons. The predicted molar refractivity (Wildman–Crippen MR) is 62.7 cm³/mol. The van der Waals surface area contributed by atoms with Crippen LogP contribution in [0.15, 0.2) is 0 Å². The second kappa shape index (κ2) is 6.11. The number of hydrogen-bond donors (Lipinski definition) is 2. The van der Waals surface area contributed by atoms with E-state index in [0.717, 1.165) is 13.1 Å². The fourth-order valence-electron chi connectivity index (χ4n) is 2.20. The highest BCUT2D eigenvalue weighted by Crippen LogP contribution is 2.34. The number of amides is 1. The van der Waals surface area contributed by atoms with E-state index in [1.807, 2.05) is 6.92 Å². The molecule has 2 N–H and O–H groups in total. The topological polar surface area (TPSA) is 41.1 Å². The first-order chi connectivity index (χ1) is 7.16. The van der Waals surface area contributed by atoms with E-state index in [0.29, 0.717) is 12.0 Å². The van der Waals surface area contributed by atoms with Crippen molar-refractivity contribution in [3.8, 4) is 0 Å². The first-order valence-corrected chi connectivity index (χ1v) is 6.14. The fraction of sp³-hybridized carbons (Fsp3) is 0.917. The average Bonchev–Trinajstić information content (AvgIpc) is 2.25. The van der Waals surface area contributed by atoms with Gasteiger partial charge in [-0.2, -0.15) is 0 Å². The summed E-state index contributed by atoms with van der Waals surface area (Å²) >= 11 is 0. The third kappa shape index (κ3) is 4.65. The molecule has 0 aromatic carbocycles. The smallest absolute Gasteiger partial charge is 0.233 e. The standard InChI is InChI=1S/C12H24N2O/c1-3-13-9-11(15)14-10-12(2)7-5-4-6-8-12/h13H,3-10H2,1-2H3,(H,14,15). The first kappa shape index (κ1) is 12.5. The third-order valence-electron chi connectivity index (χ3n) is 3.31. The minimum absolute atomic E-state index is 0.128. The van der Waals surface area contributed by atoms with Gasteiger partial charge in [-0.05, 0) is 24.8 Å². The van der Waals surface area contributed by atoms with E-state index in [2.05, 4.69) is 17.6 Å². The summed E-state index contributed by atoms with van der Waals surface area (Å²) in [5, 5.41) is 6.06. The highest BCUT2D eigenvalue weighted by atomic mass is 16.1. The summed E-state index contributed by atoms with van der Waals surface area (Å²) in [4.78, 5) is 11.4. The van der Waals surface area contributed by atoms with Gasteiger partial charge in [0.1, 0.15) is 0 Å². The van der Waals surface area contributed by atoms with Crippen molar-refractivity contribution < 1.29 is 4.79 Å². The Kier molecular flexibility index (Phi) is 5.09. The van der Waals surface area contributed by atoms with Gasteiger partial charge in [-0.1, -0.05) is 33.1 Å². The Labute approximate surface area is 93.0 Å². The molecule has 1 rings (SSSR count). The number of hydrogen-bond acceptors (Lipinski definition) is 2. The Morgan fingerprint density at radius 1 is 1.27 bits per heavy atom. The molecule has 0 saturated heterocycles. The fourth-order valence-corrected chi connectivity index (χ4v) is 2.20. The van der Waals surface area contributed by atoms with Gasteiger partial charge in [0.15, 0.2) is 0 Å². The van der Waals surface area contributed by atoms with Crippen LogP contribution in [0.1, 0.15) is 46.0 Å². The molecule has 1 aliphatic carbocycles. The molecule has 0 aromatic rings. The molecule has 1 saturated carbocycles. The minimum Gasteiger partial charge on any atom is -0.354 e. The van der Waals surface area contributed by atoms with Crippen molar-refractivity contribution >= 4 is 5.91 Å². The van der Waals surface area contributed by atoms with Gasteiger partial charge in [0, 0.05) is 6.54 Å². The van der Waals surface area contributed by atoms with Crippen LogP contribution in [0.3, 0.4) is 0 Å². The lowest BCUT2D eigenvalue weighted by atomic mass is 9.76. The van der Waals surface area contributed by atoms with Gasteiger partial charge in [0.05, 0.1) is 6.54 Å². The number of nitrogens with one attached hydrogen (secondary N) is 2. The zero-order valence-electron chi connectivity index (χ0n) is 10.1. The molecule has 1 fully saturated rings. The average molecular weight is 212 g/mol. The lowest BCUT2D eigenvalue weighted by molar-refractivity contribution is -0.120. The summed E-state index contributed by atoms with van der Waals surface area (Å²) < 4.78 is 0. The number of likely N-dealkylation sites (N-methyl/N-ethyl adjacent to an activating group) is 1. The summed E-state index contributed by atoms with van der Waals surface area (Å²) in [6.07, 6.45) is 6.52. The molecule has 15 heavy (non-hydrogen) atoms. The highest BCUT2D eigenvalue weighted by molar-refractivity contribution is 5.77. The van der Waals surface area contributed by atoms with Crippen molar-refractivity contribution in [1.82, 2.24) is 10.6 Å². The van der Waals surface area contributed by atoms with Crippen molar-refractivity contribution in [2.45, 2.75) is 46.0 Å². The second-order valence-electron chi connectivity index (χ2n) is 4.93. The predicted octanol–water partition coefficient (Wildman–Crippen LogP) is 1.68. The van der Waals surface area contributed by atoms with Crippen molar-refractivity contribution in [2.75, 3.05) is 19.6 Å². The first-order valence-electron chi connectivity index (χ1n) is 6.14. The molecule has 88 valence electrons. The van der Waals surface area contributed by atoms with E-state index >= 15 is 0 Å².